The van der Waals surface area contributed by atoms with Gasteiger partial charge in [0, 0.05) is 6.08 Å². The van der Waals surface area contributed by atoms with Crippen LogP contribution in [-0.4, -0.2) is 24.4 Å². The van der Waals surface area contributed by atoms with Gasteiger partial charge in [0.05, 0.1) is 17.7 Å². The van der Waals surface area contributed by atoms with Crippen molar-refractivity contribution in [2.24, 2.45) is 0 Å². The summed E-state index contributed by atoms with van der Waals surface area (Å²) in [6.07, 6.45) is 3.76. The Bertz CT molecular complexity index is 280. The maximum Gasteiger partial charge on any atom is 0.346 e. The molecule has 0 amide bonds. The van der Waals surface area contributed by atoms with E-state index in [2.05, 4.69) is 4.74 Å². The lowest BCUT2D eigenvalue weighted by Gasteiger charge is -1.93. The molecule has 4 nitrogen and oxygen atoms in total. The number of hydrogen-bond acceptors (Lipinski definition) is 4. The highest BCUT2D eigenvalue weighted by Crippen LogP contribution is 2.08. The van der Waals surface area contributed by atoms with E-state index < -0.39 is 11.9 Å². The third-order valence-corrected chi connectivity index (χ3v) is 1.40. The van der Waals surface area contributed by atoms with Crippen LogP contribution in [0.15, 0.2) is 24.0 Å². The fourth-order valence-electron chi connectivity index (χ4n) is 0.716. The van der Waals surface area contributed by atoms with Gasteiger partial charge in [0.1, 0.15) is 6.61 Å². The van der Waals surface area contributed by atoms with Gasteiger partial charge >= 0.3 is 11.9 Å². The van der Waals surface area contributed by atoms with E-state index in [1.807, 2.05) is 0 Å². The molecule has 0 N–H and O–H groups in total. The average molecular weight is 203 g/mol. The first-order chi connectivity index (χ1) is 6.24. The fourth-order valence-corrected chi connectivity index (χ4v) is 0.805. The van der Waals surface area contributed by atoms with Gasteiger partial charge in [-0.15, -0.1) is 11.6 Å². The molecule has 13 heavy (non-hydrogen) atoms. The molecule has 0 aromatic carbocycles. The summed E-state index contributed by atoms with van der Waals surface area (Å²) < 4.78 is 9.08. The molecule has 1 aliphatic heterocycles. The second-order valence-corrected chi connectivity index (χ2v) is 2.55. The number of carbonyl (C=O) groups excluding carboxylic acids is 2. The van der Waals surface area contributed by atoms with E-state index in [1.54, 1.807) is 0 Å². The minimum atomic E-state index is -0.657. The van der Waals surface area contributed by atoms with E-state index in [9.17, 15) is 9.59 Å². The molecule has 1 heterocycles. The summed E-state index contributed by atoms with van der Waals surface area (Å²) >= 11 is 5.33. The Balaban J connectivity index is 2.44. The zero-order valence-corrected chi connectivity index (χ0v) is 7.41. The largest absolute Gasteiger partial charge is 0.500 e. The molecule has 0 bridgehead atoms. The van der Waals surface area contributed by atoms with Crippen LogP contribution < -0.4 is 0 Å². The minimum absolute atomic E-state index is 0.180. The zero-order valence-electron chi connectivity index (χ0n) is 6.66. The van der Waals surface area contributed by atoms with Crippen LogP contribution in [0.2, 0.25) is 0 Å². The van der Waals surface area contributed by atoms with Crippen molar-refractivity contribution in [1.29, 1.82) is 0 Å². The predicted molar refractivity (Wildman–Crippen MR) is 45.0 cm³/mol. The summed E-state index contributed by atoms with van der Waals surface area (Å²) in [6, 6.07) is 0. The van der Waals surface area contributed by atoms with Gasteiger partial charge in [0.2, 0.25) is 0 Å². The molecule has 0 unspecified atom stereocenters. The Kier molecular flexibility index (Phi) is 3.52. The summed E-state index contributed by atoms with van der Waals surface area (Å²) in [5, 5.41) is 0. The van der Waals surface area contributed by atoms with Crippen molar-refractivity contribution in [3.63, 3.8) is 0 Å². The van der Waals surface area contributed by atoms with E-state index >= 15 is 0 Å². The molecule has 0 saturated carbocycles. The highest BCUT2D eigenvalue weighted by atomic mass is 35.5. The Morgan fingerprint density at radius 3 is 2.85 bits per heavy atom. The number of halogens is 1. The van der Waals surface area contributed by atoms with Crippen molar-refractivity contribution in [3.05, 3.63) is 24.0 Å². The molecule has 0 aliphatic carbocycles. The zero-order chi connectivity index (χ0) is 9.68. The van der Waals surface area contributed by atoms with Crippen LogP contribution in [0.1, 0.15) is 0 Å². The fraction of sp³-hybridized carbons (Fsp3) is 0.250. The van der Waals surface area contributed by atoms with E-state index in [0.717, 1.165) is 6.08 Å². The Morgan fingerprint density at radius 2 is 2.31 bits per heavy atom. The monoisotopic (exact) mass is 202 g/mol. The van der Waals surface area contributed by atoms with Gasteiger partial charge in [-0.3, -0.25) is 0 Å². The van der Waals surface area contributed by atoms with E-state index in [4.69, 9.17) is 16.3 Å². The summed E-state index contributed by atoms with van der Waals surface area (Å²) in [5.41, 5.74) is 0.180. The number of ether oxygens (including phenoxy) is 2. The Morgan fingerprint density at radius 1 is 1.54 bits per heavy atom. The lowest BCUT2D eigenvalue weighted by molar-refractivity contribution is -0.150. The van der Waals surface area contributed by atoms with Gasteiger partial charge in [0.25, 0.3) is 0 Å². The standard InChI is InChI=1S/C8H7ClO4/c9-2-4-12-3-1-6-5-7(10)13-8(6)11/h1,3,5H,2,4H2/b3-1+. The Labute approximate surface area is 79.8 Å². The summed E-state index contributed by atoms with van der Waals surface area (Å²) in [4.78, 5) is 21.3. The second-order valence-electron chi connectivity index (χ2n) is 2.17. The quantitative estimate of drug-likeness (QED) is 0.222. The van der Waals surface area contributed by atoms with Crippen molar-refractivity contribution in [1.82, 2.24) is 0 Å². The van der Waals surface area contributed by atoms with Gasteiger partial charge in [-0.2, -0.15) is 0 Å². The average Bonchev–Trinajstić information content (AvgIpc) is 2.39. The lowest BCUT2D eigenvalue weighted by Crippen LogP contribution is -2.00. The topological polar surface area (TPSA) is 52.6 Å². The minimum Gasteiger partial charge on any atom is -0.500 e. The number of carbonyl (C=O) groups is 2. The first kappa shape index (κ1) is 9.80. The second kappa shape index (κ2) is 4.67. The van der Waals surface area contributed by atoms with Crippen LogP contribution in [0.3, 0.4) is 0 Å². The molecule has 0 aromatic rings. The van der Waals surface area contributed by atoms with Crippen molar-refractivity contribution in [2.75, 3.05) is 12.5 Å². The third kappa shape index (κ3) is 2.91. The van der Waals surface area contributed by atoms with Crippen molar-refractivity contribution < 1.29 is 19.1 Å². The number of hydrogen-bond donors (Lipinski definition) is 0. The molecule has 5 heteroatoms. The molecular weight excluding hydrogens is 196 g/mol. The number of esters is 2. The predicted octanol–water partition coefficient (Wildman–Crippen LogP) is 0.765. The number of cyclic esters (lactones) is 2. The molecule has 0 aromatic heterocycles. The lowest BCUT2D eigenvalue weighted by atomic mass is 10.3. The van der Waals surface area contributed by atoms with E-state index in [0.29, 0.717) is 12.5 Å². The molecule has 0 radical (unpaired) electrons. The molecule has 0 saturated heterocycles. The molecular formula is C8H7ClO4. The number of alkyl halides is 1. The maximum atomic E-state index is 10.8. The van der Waals surface area contributed by atoms with Crippen LogP contribution in [0.4, 0.5) is 0 Å². The van der Waals surface area contributed by atoms with E-state index in [1.165, 1.54) is 12.3 Å². The van der Waals surface area contributed by atoms with Crippen LogP contribution in [-0.2, 0) is 19.1 Å². The highest BCUT2D eigenvalue weighted by Gasteiger charge is 2.20. The van der Waals surface area contributed by atoms with Gasteiger partial charge in [-0.25, -0.2) is 9.59 Å². The van der Waals surface area contributed by atoms with Crippen LogP contribution >= 0.6 is 11.6 Å². The van der Waals surface area contributed by atoms with Crippen molar-refractivity contribution in [2.45, 2.75) is 0 Å². The summed E-state index contributed by atoms with van der Waals surface area (Å²) in [7, 11) is 0. The Hall–Kier alpha value is -1.29. The van der Waals surface area contributed by atoms with Crippen molar-refractivity contribution >= 4 is 23.5 Å². The SMILES string of the molecule is O=C1C=C(/C=C/OCCCl)C(=O)O1. The molecule has 70 valence electrons. The smallest absolute Gasteiger partial charge is 0.346 e. The van der Waals surface area contributed by atoms with Gasteiger partial charge < -0.3 is 9.47 Å². The van der Waals surface area contributed by atoms with Crippen molar-refractivity contribution in [3.8, 4) is 0 Å². The first-order valence-corrected chi connectivity index (χ1v) is 4.09. The maximum absolute atomic E-state index is 10.8. The molecule has 0 atom stereocenters. The molecule has 0 fully saturated rings. The molecule has 1 aliphatic rings. The van der Waals surface area contributed by atoms with Gasteiger partial charge in [-0.1, -0.05) is 0 Å². The van der Waals surface area contributed by atoms with Gasteiger partial charge in [-0.05, 0) is 6.08 Å². The first-order valence-electron chi connectivity index (χ1n) is 3.56. The summed E-state index contributed by atoms with van der Waals surface area (Å²) in [6.45, 7) is 0.355. The molecule has 1 rings (SSSR count). The molecule has 0 spiro atoms. The third-order valence-electron chi connectivity index (χ3n) is 1.24. The number of rotatable bonds is 4. The highest BCUT2D eigenvalue weighted by molar-refractivity contribution is 6.18. The van der Waals surface area contributed by atoms with Crippen LogP contribution in [0.25, 0.3) is 0 Å². The van der Waals surface area contributed by atoms with Crippen LogP contribution in [0.5, 0.6) is 0 Å². The van der Waals surface area contributed by atoms with E-state index in [-0.39, 0.29) is 5.57 Å². The van der Waals surface area contributed by atoms with Gasteiger partial charge in [0.15, 0.2) is 0 Å². The van der Waals surface area contributed by atoms with Crippen LogP contribution in [0, 0.1) is 0 Å². The summed E-state index contributed by atoms with van der Waals surface area (Å²) in [5.74, 6) is -0.940. The normalized spacial score (nSPS) is 16.2.